The molecular formula is C29H34ClFN6O8. The first-order valence-corrected chi connectivity index (χ1v) is 14.5. The lowest BCUT2D eigenvalue weighted by Gasteiger charge is -2.39. The van der Waals surface area contributed by atoms with Gasteiger partial charge in [0.2, 0.25) is 5.91 Å². The van der Waals surface area contributed by atoms with Crippen LogP contribution in [0.4, 0.5) is 15.9 Å². The summed E-state index contributed by atoms with van der Waals surface area (Å²) in [7, 11) is 0. The number of amides is 2. The highest BCUT2D eigenvalue weighted by atomic mass is 35.5. The third-order valence-corrected chi connectivity index (χ3v) is 7.12. The van der Waals surface area contributed by atoms with Gasteiger partial charge < -0.3 is 45.9 Å². The number of nitrogens with zero attached hydrogens (tertiary/aromatic N) is 3. The van der Waals surface area contributed by atoms with Gasteiger partial charge in [-0.15, -0.1) is 0 Å². The van der Waals surface area contributed by atoms with E-state index in [9.17, 15) is 34.4 Å². The van der Waals surface area contributed by atoms with Gasteiger partial charge in [-0.2, -0.15) is 0 Å². The summed E-state index contributed by atoms with van der Waals surface area (Å²) in [6.45, 7) is 1.84. The third kappa shape index (κ3) is 8.59. The van der Waals surface area contributed by atoms with Crippen molar-refractivity contribution in [3.05, 3.63) is 59.3 Å². The fourth-order valence-electron chi connectivity index (χ4n) is 4.55. The number of anilines is 2. The number of pyridine rings is 1. The van der Waals surface area contributed by atoms with Crippen LogP contribution in [0.1, 0.15) is 30.1 Å². The van der Waals surface area contributed by atoms with E-state index < -0.39 is 54.8 Å². The zero-order chi connectivity index (χ0) is 32.5. The lowest BCUT2D eigenvalue weighted by molar-refractivity contribution is -0.229. The van der Waals surface area contributed by atoms with Gasteiger partial charge >= 0.3 is 0 Å². The molecule has 0 radical (unpaired) electrons. The van der Waals surface area contributed by atoms with Crippen LogP contribution in [0.2, 0.25) is 5.02 Å². The standard InChI is InChI=1S/C29H34ClFN6O8/c1-2-44-21-13-35-27(16-10-15(30)4-5-18(16)31)37-28(21)36-19-6-9-32-12-17(19)29(43)34-8-3-7-33-23(39)11-20-24(40)26(42)25(41)22(14-38)45-20/h4-6,9-10,12-13,20,22,24-26,38,40-42H,2-3,7-8,11,14H2,1H3,(H,33,39)(H,34,43)(H,32,35,36,37). The Morgan fingerprint density at radius 3 is 2.58 bits per heavy atom. The van der Waals surface area contributed by atoms with Crippen LogP contribution in [0, 0.1) is 5.82 Å². The van der Waals surface area contributed by atoms with E-state index in [0.29, 0.717) is 23.7 Å². The molecule has 1 aromatic carbocycles. The van der Waals surface area contributed by atoms with Gasteiger partial charge in [0.05, 0.1) is 48.7 Å². The number of rotatable bonds is 13. The van der Waals surface area contributed by atoms with Gasteiger partial charge in [-0.1, -0.05) is 11.6 Å². The number of aliphatic hydroxyl groups is 4. The molecule has 1 aliphatic heterocycles. The zero-order valence-electron chi connectivity index (χ0n) is 24.2. The molecule has 4 rings (SSSR count). The zero-order valence-corrected chi connectivity index (χ0v) is 24.9. The van der Waals surface area contributed by atoms with Gasteiger partial charge in [0.25, 0.3) is 5.91 Å². The summed E-state index contributed by atoms with van der Waals surface area (Å²) in [6, 6.07) is 5.58. The monoisotopic (exact) mass is 648 g/mol. The molecule has 3 heterocycles. The summed E-state index contributed by atoms with van der Waals surface area (Å²) >= 11 is 6.04. The molecule has 3 aromatic rings. The average molecular weight is 649 g/mol. The maximum absolute atomic E-state index is 14.5. The van der Waals surface area contributed by atoms with E-state index in [0.717, 1.165) is 0 Å². The second-order valence-corrected chi connectivity index (χ2v) is 10.5. The maximum Gasteiger partial charge on any atom is 0.254 e. The van der Waals surface area contributed by atoms with Crippen molar-refractivity contribution in [2.24, 2.45) is 0 Å². The largest absolute Gasteiger partial charge is 0.488 e. The van der Waals surface area contributed by atoms with Crippen LogP contribution in [-0.4, -0.2) is 104 Å². The molecule has 2 amide bonds. The molecule has 7 N–H and O–H groups in total. The smallest absolute Gasteiger partial charge is 0.254 e. The van der Waals surface area contributed by atoms with Crippen LogP contribution >= 0.6 is 11.6 Å². The summed E-state index contributed by atoms with van der Waals surface area (Å²) in [5, 5.41) is 47.9. The van der Waals surface area contributed by atoms with Crippen molar-refractivity contribution >= 4 is 34.9 Å². The molecule has 14 nitrogen and oxygen atoms in total. The first-order chi connectivity index (χ1) is 21.6. The first-order valence-electron chi connectivity index (χ1n) is 14.1. The van der Waals surface area contributed by atoms with Crippen LogP contribution in [-0.2, 0) is 9.53 Å². The van der Waals surface area contributed by atoms with E-state index in [2.05, 4.69) is 30.9 Å². The second-order valence-electron chi connectivity index (χ2n) is 10.0. The highest BCUT2D eigenvalue weighted by Gasteiger charge is 2.43. The van der Waals surface area contributed by atoms with Crippen molar-refractivity contribution in [1.29, 1.82) is 0 Å². The van der Waals surface area contributed by atoms with Gasteiger partial charge in [0.1, 0.15) is 30.2 Å². The fraction of sp³-hybridized carbons (Fsp3) is 0.414. The van der Waals surface area contributed by atoms with Crippen LogP contribution in [0.3, 0.4) is 0 Å². The molecule has 2 aromatic heterocycles. The Morgan fingerprint density at radius 2 is 1.82 bits per heavy atom. The predicted molar refractivity (Wildman–Crippen MR) is 159 cm³/mol. The minimum atomic E-state index is -1.57. The molecule has 0 saturated carbocycles. The highest BCUT2D eigenvalue weighted by Crippen LogP contribution is 2.31. The molecule has 0 aliphatic carbocycles. The Hall–Kier alpha value is -3.99. The van der Waals surface area contributed by atoms with Gasteiger partial charge in [-0.25, -0.2) is 14.4 Å². The van der Waals surface area contributed by atoms with E-state index in [1.807, 2.05) is 0 Å². The molecule has 5 unspecified atom stereocenters. The van der Waals surface area contributed by atoms with Crippen molar-refractivity contribution in [2.75, 3.05) is 31.6 Å². The summed E-state index contributed by atoms with van der Waals surface area (Å²) in [6.07, 6.45) is -2.53. The highest BCUT2D eigenvalue weighted by molar-refractivity contribution is 6.30. The normalized spacial score (nSPS) is 21.2. The molecule has 45 heavy (non-hydrogen) atoms. The molecular weight excluding hydrogens is 615 g/mol. The second kappa shape index (κ2) is 15.8. The Bertz CT molecular complexity index is 1480. The number of halogens is 2. The number of nitrogens with one attached hydrogen (secondary N) is 3. The van der Waals surface area contributed by atoms with E-state index in [4.69, 9.17) is 21.1 Å². The SMILES string of the molecule is CCOc1cnc(-c2cc(Cl)ccc2F)nc1Nc1ccncc1C(=O)NCCCNC(=O)CC1OC(CO)C(O)C(O)C1O. The number of aromatic nitrogens is 3. The van der Waals surface area contributed by atoms with Gasteiger partial charge in [-0.05, 0) is 37.6 Å². The summed E-state index contributed by atoms with van der Waals surface area (Å²) < 4.78 is 25.5. The maximum atomic E-state index is 14.5. The number of hydrogen-bond acceptors (Lipinski definition) is 12. The van der Waals surface area contributed by atoms with Crippen LogP contribution in [0.25, 0.3) is 11.4 Å². The Morgan fingerprint density at radius 1 is 1.07 bits per heavy atom. The molecule has 242 valence electrons. The summed E-state index contributed by atoms with van der Waals surface area (Å²) in [4.78, 5) is 38.0. The lowest BCUT2D eigenvalue weighted by Crippen LogP contribution is -2.59. The lowest BCUT2D eigenvalue weighted by atomic mass is 9.93. The van der Waals surface area contributed by atoms with Crippen LogP contribution in [0.15, 0.2) is 42.9 Å². The van der Waals surface area contributed by atoms with Crippen molar-refractivity contribution in [3.63, 3.8) is 0 Å². The van der Waals surface area contributed by atoms with Crippen molar-refractivity contribution in [1.82, 2.24) is 25.6 Å². The van der Waals surface area contributed by atoms with E-state index in [1.165, 1.54) is 36.8 Å². The number of benzene rings is 1. The van der Waals surface area contributed by atoms with Crippen LogP contribution in [0.5, 0.6) is 5.75 Å². The molecule has 16 heteroatoms. The van der Waals surface area contributed by atoms with Gasteiger partial charge in [0.15, 0.2) is 17.4 Å². The fourth-order valence-corrected chi connectivity index (χ4v) is 4.72. The van der Waals surface area contributed by atoms with Gasteiger partial charge in [-0.3, -0.25) is 14.6 Å². The summed E-state index contributed by atoms with van der Waals surface area (Å²) in [5.74, 6) is -1.02. The van der Waals surface area contributed by atoms with E-state index >= 15 is 0 Å². The average Bonchev–Trinajstić information content (AvgIpc) is 3.03. The van der Waals surface area contributed by atoms with Crippen molar-refractivity contribution < 1.29 is 43.9 Å². The number of hydrogen-bond donors (Lipinski definition) is 7. The molecule has 1 saturated heterocycles. The number of ether oxygens (including phenoxy) is 2. The van der Waals surface area contributed by atoms with Crippen molar-refractivity contribution in [2.45, 2.75) is 50.3 Å². The van der Waals surface area contributed by atoms with E-state index in [1.54, 1.807) is 13.0 Å². The molecule has 0 spiro atoms. The predicted octanol–water partition coefficient (Wildman–Crippen LogP) is 0.942. The van der Waals surface area contributed by atoms with Crippen LogP contribution < -0.4 is 20.7 Å². The number of aliphatic hydroxyl groups excluding tert-OH is 4. The topological polar surface area (TPSA) is 208 Å². The quantitative estimate of drug-likeness (QED) is 0.129. The van der Waals surface area contributed by atoms with E-state index in [-0.39, 0.29) is 48.0 Å². The Labute approximate surface area is 262 Å². The Balaban J connectivity index is 1.34. The molecule has 5 atom stereocenters. The molecule has 1 fully saturated rings. The number of carbonyl (C=O) groups excluding carboxylic acids is 2. The minimum absolute atomic E-state index is 0.0506. The van der Waals surface area contributed by atoms with Gasteiger partial charge in [0, 0.05) is 30.5 Å². The number of carbonyl (C=O) groups is 2. The first kappa shape index (κ1) is 33.9. The minimum Gasteiger partial charge on any atom is -0.488 e. The summed E-state index contributed by atoms with van der Waals surface area (Å²) in [5.41, 5.74) is 0.606. The Kier molecular flexibility index (Phi) is 11.9. The molecule has 1 aliphatic rings. The molecule has 0 bridgehead atoms. The van der Waals surface area contributed by atoms with Crippen molar-refractivity contribution in [3.8, 4) is 17.1 Å². The third-order valence-electron chi connectivity index (χ3n) is 6.88.